The van der Waals surface area contributed by atoms with E-state index in [-0.39, 0.29) is 22.7 Å². The number of hydrogen-bond donors (Lipinski definition) is 1. The second-order valence-corrected chi connectivity index (χ2v) is 7.83. The minimum Gasteiger partial charge on any atom is -0.422 e. The van der Waals surface area contributed by atoms with Crippen molar-refractivity contribution >= 4 is 50.6 Å². The van der Waals surface area contributed by atoms with Crippen molar-refractivity contribution in [2.75, 3.05) is 0 Å². The van der Waals surface area contributed by atoms with Crippen LogP contribution in [0.5, 0.6) is 5.75 Å². The molecule has 0 saturated carbocycles. The van der Waals surface area contributed by atoms with Crippen LogP contribution in [0.4, 0.5) is 5.69 Å². The van der Waals surface area contributed by atoms with Gasteiger partial charge in [-0.15, -0.1) is 0 Å². The summed E-state index contributed by atoms with van der Waals surface area (Å²) in [4.78, 5) is 39.1. The average Bonchev–Trinajstić information content (AvgIpc) is 2.85. The molecule has 4 rings (SSSR count). The quantitative estimate of drug-likeness (QED) is 0.127. The SMILES string of the molecule is O=C(Oc1ccc(C=NNC(=O)c2ccc3ccccc3n2)cc1Br)c1ccc([N+](=O)[O-])cc1. The van der Waals surface area contributed by atoms with E-state index in [0.717, 1.165) is 5.39 Å². The number of hydrogen-bond acceptors (Lipinski definition) is 7. The fourth-order valence-electron chi connectivity index (χ4n) is 2.97. The largest absolute Gasteiger partial charge is 0.422 e. The van der Waals surface area contributed by atoms with Gasteiger partial charge in [0.05, 0.1) is 26.7 Å². The number of esters is 1. The first kappa shape index (κ1) is 22.7. The Hall–Kier alpha value is -4.44. The van der Waals surface area contributed by atoms with Gasteiger partial charge >= 0.3 is 5.97 Å². The van der Waals surface area contributed by atoms with Crippen LogP contribution in [0.25, 0.3) is 10.9 Å². The van der Waals surface area contributed by atoms with Gasteiger partial charge in [-0.05, 0) is 64.0 Å². The molecule has 1 N–H and O–H groups in total. The molecule has 9 nitrogen and oxygen atoms in total. The van der Waals surface area contributed by atoms with Crippen LogP contribution >= 0.6 is 15.9 Å². The first-order valence-electron chi connectivity index (χ1n) is 9.86. The summed E-state index contributed by atoms with van der Waals surface area (Å²) in [6.07, 6.45) is 1.44. The Labute approximate surface area is 201 Å². The molecular weight excluding hydrogens is 504 g/mol. The number of nitro benzene ring substituents is 1. The maximum absolute atomic E-state index is 12.3. The third kappa shape index (κ3) is 5.30. The molecule has 4 aromatic rings. The van der Waals surface area contributed by atoms with Gasteiger partial charge in [0.2, 0.25) is 0 Å². The smallest absolute Gasteiger partial charge is 0.343 e. The van der Waals surface area contributed by atoms with Gasteiger partial charge in [-0.1, -0.05) is 24.3 Å². The van der Waals surface area contributed by atoms with Gasteiger partial charge in [-0.3, -0.25) is 14.9 Å². The van der Waals surface area contributed by atoms with E-state index in [2.05, 4.69) is 31.4 Å². The molecule has 1 aromatic heterocycles. The zero-order valence-electron chi connectivity index (χ0n) is 17.3. The second-order valence-electron chi connectivity index (χ2n) is 6.97. The highest BCUT2D eigenvalue weighted by Crippen LogP contribution is 2.26. The van der Waals surface area contributed by atoms with Crippen LogP contribution in [0.1, 0.15) is 26.4 Å². The summed E-state index contributed by atoms with van der Waals surface area (Å²) in [7, 11) is 0. The molecule has 1 amide bonds. The van der Waals surface area contributed by atoms with E-state index in [1.165, 1.54) is 30.5 Å². The second kappa shape index (κ2) is 10.0. The van der Waals surface area contributed by atoms with Gasteiger partial charge in [0.25, 0.3) is 11.6 Å². The van der Waals surface area contributed by atoms with Crippen molar-refractivity contribution in [2.45, 2.75) is 0 Å². The van der Waals surface area contributed by atoms with Crippen LogP contribution in [0.2, 0.25) is 0 Å². The highest BCUT2D eigenvalue weighted by Gasteiger charge is 2.13. The Morgan fingerprint density at radius 2 is 1.79 bits per heavy atom. The highest BCUT2D eigenvalue weighted by molar-refractivity contribution is 9.10. The van der Waals surface area contributed by atoms with Crippen molar-refractivity contribution in [3.8, 4) is 5.75 Å². The maximum atomic E-state index is 12.3. The molecule has 3 aromatic carbocycles. The molecular formula is C24H15BrN4O5. The molecule has 0 radical (unpaired) electrons. The summed E-state index contributed by atoms with van der Waals surface area (Å²) in [5, 5.41) is 15.6. The Kier molecular flexibility index (Phi) is 6.69. The highest BCUT2D eigenvalue weighted by atomic mass is 79.9. The molecule has 0 saturated heterocycles. The Morgan fingerprint density at radius 3 is 2.53 bits per heavy atom. The van der Waals surface area contributed by atoms with Crippen molar-refractivity contribution in [1.82, 2.24) is 10.4 Å². The van der Waals surface area contributed by atoms with Gasteiger partial charge in [0, 0.05) is 17.5 Å². The summed E-state index contributed by atoms with van der Waals surface area (Å²) >= 11 is 3.33. The number of non-ortho nitro benzene ring substituents is 1. The number of aromatic nitrogens is 1. The van der Waals surface area contributed by atoms with Crippen LogP contribution in [0.3, 0.4) is 0 Å². The topological polar surface area (TPSA) is 124 Å². The van der Waals surface area contributed by atoms with E-state index in [1.807, 2.05) is 30.3 Å². The van der Waals surface area contributed by atoms with Crippen molar-refractivity contribution in [2.24, 2.45) is 5.10 Å². The monoisotopic (exact) mass is 518 g/mol. The molecule has 34 heavy (non-hydrogen) atoms. The predicted octanol–water partition coefficient (Wildman–Crippen LogP) is 4.89. The van der Waals surface area contributed by atoms with E-state index in [0.29, 0.717) is 15.6 Å². The summed E-state index contributed by atoms with van der Waals surface area (Å²) in [6.45, 7) is 0. The molecule has 0 bridgehead atoms. The Balaban J connectivity index is 1.38. The molecule has 0 aliphatic rings. The number of fused-ring (bicyclic) bond motifs is 1. The van der Waals surface area contributed by atoms with Gasteiger partial charge < -0.3 is 4.74 Å². The number of carbonyl (C=O) groups excluding carboxylic acids is 2. The number of nitrogens with one attached hydrogen (secondary N) is 1. The standard InChI is InChI=1S/C24H15BrN4O5/c25-19-13-15(5-12-22(19)34-24(31)17-6-9-18(10-7-17)29(32)33)14-26-28-23(30)21-11-8-16-3-1-2-4-20(16)27-21/h1-14H,(H,28,30). The van der Waals surface area contributed by atoms with E-state index in [4.69, 9.17) is 4.74 Å². The normalized spacial score (nSPS) is 10.9. The molecule has 168 valence electrons. The molecule has 0 fully saturated rings. The molecule has 0 spiro atoms. The lowest BCUT2D eigenvalue weighted by Crippen LogP contribution is -2.18. The number of halogens is 1. The fraction of sp³-hybridized carbons (Fsp3) is 0. The number of carbonyl (C=O) groups is 2. The fourth-order valence-corrected chi connectivity index (χ4v) is 3.45. The maximum Gasteiger partial charge on any atom is 0.343 e. The van der Waals surface area contributed by atoms with Gasteiger partial charge in [-0.25, -0.2) is 15.2 Å². The number of hydrazone groups is 1. The average molecular weight is 519 g/mol. The minimum absolute atomic E-state index is 0.121. The lowest BCUT2D eigenvalue weighted by molar-refractivity contribution is -0.384. The van der Waals surface area contributed by atoms with E-state index in [1.54, 1.807) is 24.3 Å². The zero-order valence-corrected chi connectivity index (χ0v) is 18.9. The number of ether oxygens (including phenoxy) is 1. The van der Waals surface area contributed by atoms with E-state index >= 15 is 0 Å². The number of pyridine rings is 1. The number of para-hydroxylation sites is 1. The van der Waals surface area contributed by atoms with Crippen molar-refractivity contribution < 1.29 is 19.2 Å². The molecule has 10 heteroatoms. The number of benzene rings is 3. The number of rotatable bonds is 6. The molecule has 0 aliphatic carbocycles. The lowest BCUT2D eigenvalue weighted by atomic mass is 10.2. The van der Waals surface area contributed by atoms with Crippen LogP contribution < -0.4 is 10.2 Å². The van der Waals surface area contributed by atoms with E-state index < -0.39 is 16.8 Å². The zero-order chi connectivity index (χ0) is 24.1. The first-order chi connectivity index (χ1) is 16.4. The predicted molar refractivity (Wildman–Crippen MR) is 129 cm³/mol. The third-order valence-electron chi connectivity index (χ3n) is 4.68. The summed E-state index contributed by atoms with van der Waals surface area (Å²) < 4.78 is 5.82. The van der Waals surface area contributed by atoms with Crippen molar-refractivity contribution in [3.63, 3.8) is 0 Å². The Morgan fingerprint density at radius 1 is 1.03 bits per heavy atom. The van der Waals surface area contributed by atoms with Gasteiger partial charge in [0.15, 0.2) is 0 Å². The molecule has 0 aliphatic heterocycles. The van der Waals surface area contributed by atoms with Crippen LogP contribution in [0.15, 0.2) is 88.4 Å². The number of nitro groups is 1. The van der Waals surface area contributed by atoms with Gasteiger partial charge in [0.1, 0.15) is 11.4 Å². The van der Waals surface area contributed by atoms with E-state index in [9.17, 15) is 19.7 Å². The Bertz CT molecular complexity index is 1440. The minimum atomic E-state index is -0.660. The summed E-state index contributed by atoms with van der Waals surface area (Å²) in [5.41, 5.74) is 4.07. The molecule has 0 atom stereocenters. The number of nitrogens with zero attached hydrogens (tertiary/aromatic N) is 3. The van der Waals surface area contributed by atoms with Crippen LogP contribution in [-0.4, -0.2) is 28.0 Å². The van der Waals surface area contributed by atoms with Crippen molar-refractivity contribution in [3.05, 3.63) is 110 Å². The number of amides is 1. The molecule has 0 unspecified atom stereocenters. The lowest BCUT2D eigenvalue weighted by Gasteiger charge is -2.07. The van der Waals surface area contributed by atoms with Crippen molar-refractivity contribution in [1.29, 1.82) is 0 Å². The van der Waals surface area contributed by atoms with Crippen LogP contribution in [-0.2, 0) is 0 Å². The summed E-state index contributed by atoms with van der Waals surface area (Å²) in [5.74, 6) is -0.855. The molecule has 1 heterocycles. The van der Waals surface area contributed by atoms with Crippen LogP contribution in [0, 0.1) is 10.1 Å². The first-order valence-corrected chi connectivity index (χ1v) is 10.7. The summed E-state index contributed by atoms with van der Waals surface area (Å²) in [6, 6.07) is 20.9. The third-order valence-corrected chi connectivity index (χ3v) is 5.30. The van der Waals surface area contributed by atoms with Gasteiger partial charge in [-0.2, -0.15) is 5.10 Å².